The van der Waals surface area contributed by atoms with Crippen LogP contribution in [0.25, 0.3) is 22.2 Å². The van der Waals surface area contributed by atoms with E-state index < -0.39 is 19.4 Å². The lowest BCUT2D eigenvalue weighted by molar-refractivity contribution is -0.111. The number of carbonyl (C=O) groups is 1. The first kappa shape index (κ1) is 18.9. The number of benzene rings is 2. The van der Waals surface area contributed by atoms with Gasteiger partial charge in [0.1, 0.15) is 5.75 Å². The molecule has 1 amide bonds. The first-order valence-corrected chi connectivity index (χ1v) is 11.3. The van der Waals surface area contributed by atoms with Gasteiger partial charge in [-0.25, -0.2) is 9.97 Å². The van der Waals surface area contributed by atoms with Crippen molar-refractivity contribution in [2.24, 2.45) is 6.98 Å². The maximum atomic E-state index is 12.4. The molecule has 0 unspecified atom stereocenters. The number of nitrogens with one attached hydrogen (secondary N) is 3. The summed E-state index contributed by atoms with van der Waals surface area (Å²) in [6, 6.07) is 12.3. The van der Waals surface area contributed by atoms with E-state index in [1.807, 2.05) is 31.1 Å². The van der Waals surface area contributed by atoms with Gasteiger partial charge in [0.05, 0.1) is 32.6 Å². The van der Waals surface area contributed by atoms with E-state index >= 15 is 0 Å². The second-order valence-electron chi connectivity index (χ2n) is 8.05. The second kappa shape index (κ2) is 10.9. The largest absolute Gasteiger partial charge is 0.494 e. The predicted molar refractivity (Wildman–Crippen MR) is 146 cm³/mol. The number of ether oxygens (including phenoxy) is 1. The van der Waals surface area contributed by atoms with Crippen LogP contribution in [0, 0.1) is 0 Å². The Kier molecular flexibility index (Phi) is 5.73. The van der Waals surface area contributed by atoms with E-state index in [-0.39, 0.29) is 5.95 Å². The van der Waals surface area contributed by atoms with Crippen LogP contribution in [0.1, 0.15) is 6.85 Å². The number of carbonyl (C=O) groups excluding carboxylic acids is 1. The Hall–Kier alpha value is -4.37. The average Bonchev–Trinajstić information content (AvgIpc) is 3.32. The summed E-state index contributed by atoms with van der Waals surface area (Å²) in [5, 5.41) is 9.71. The molecule has 3 N–H and O–H groups in total. The molecular weight excluding hydrogens is 454 g/mol. The average molecular weight is 491 g/mol. The number of likely N-dealkylation sites (N-methyl/N-ethyl adjacent to an activating group) is 2. The molecule has 186 valence electrons. The summed E-state index contributed by atoms with van der Waals surface area (Å²) < 4.78 is 45.3. The Morgan fingerprint density at radius 2 is 2.17 bits per heavy atom. The summed E-state index contributed by atoms with van der Waals surface area (Å²) in [7, 11) is 5.23. The number of anilines is 4. The maximum absolute atomic E-state index is 12.4. The number of nitrogens with zero attached hydrogens (tertiary/aromatic N) is 4. The van der Waals surface area contributed by atoms with Gasteiger partial charge < -0.3 is 30.2 Å². The van der Waals surface area contributed by atoms with Crippen molar-refractivity contribution in [2.45, 2.75) is 0 Å². The molecule has 4 rings (SSSR count). The molecule has 0 radical (unpaired) electrons. The highest BCUT2D eigenvalue weighted by atomic mass is 16.5. The third-order valence-electron chi connectivity index (χ3n) is 5.71. The van der Waals surface area contributed by atoms with Gasteiger partial charge in [0.25, 0.3) is 0 Å². The van der Waals surface area contributed by atoms with E-state index in [4.69, 9.17) is 11.6 Å². The van der Waals surface area contributed by atoms with Crippen LogP contribution in [-0.4, -0.2) is 54.7 Å². The molecule has 0 spiro atoms. The van der Waals surface area contributed by atoms with Crippen molar-refractivity contribution in [3.05, 3.63) is 67.5 Å². The van der Waals surface area contributed by atoms with E-state index in [1.54, 1.807) is 42.7 Å². The summed E-state index contributed by atoms with van der Waals surface area (Å²) in [4.78, 5) is 23.4. The monoisotopic (exact) mass is 490 g/mol. The van der Waals surface area contributed by atoms with Crippen LogP contribution in [-0.2, 0) is 11.8 Å². The number of rotatable bonds is 10. The van der Waals surface area contributed by atoms with Crippen molar-refractivity contribution in [3.63, 3.8) is 0 Å². The zero-order chi connectivity index (χ0) is 29.7. The van der Waals surface area contributed by atoms with Crippen molar-refractivity contribution >= 4 is 39.8 Å². The number of hydrogen-bond donors (Lipinski definition) is 3. The van der Waals surface area contributed by atoms with Gasteiger partial charge in [-0.3, -0.25) is 4.79 Å². The van der Waals surface area contributed by atoms with Gasteiger partial charge in [0.15, 0.2) is 0 Å². The SMILES string of the molecule is [2H]C([2H])=CC(=O)Nc1cc(Nc2nccc(-c3cn(C([2H])([2H])[2H])c4ccccc34)n2)c(OC)cc1N(C)CCNC. The minimum absolute atomic E-state index is 0.222. The summed E-state index contributed by atoms with van der Waals surface area (Å²) >= 11 is 0. The van der Waals surface area contributed by atoms with Crippen molar-refractivity contribution < 1.29 is 16.4 Å². The summed E-state index contributed by atoms with van der Waals surface area (Å²) in [6.07, 6.45) is 4.00. The Balaban J connectivity index is 1.75. The van der Waals surface area contributed by atoms with Gasteiger partial charge in [0, 0.05) is 66.2 Å². The number of fused-ring (bicyclic) bond motifs is 1. The first-order valence-electron chi connectivity index (χ1n) is 13.8. The summed E-state index contributed by atoms with van der Waals surface area (Å²) in [5.41, 5.74) is 3.25. The Morgan fingerprint density at radius 1 is 1.31 bits per heavy atom. The molecule has 2 aromatic heterocycles. The summed E-state index contributed by atoms with van der Waals surface area (Å²) in [6.45, 7) is -1.67. The van der Waals surface area contributed by atoms with Crippen molar-refractivity contribution in [1.82, 2.24) is 19.9 Å². The smallest absolute Gasteiger partial charge is 0.247 e. The van der Waals surface area contributed by atoms with Gasteiger partial charge in [-0.1, -0.05) is 24.7 Å². The highest BCUT2D eigenvalue weighted by molar-refractivity contribution is 6.02. The Morgan fingerprint density at radius 3 is 2.94 bits per heavy atom. The molecule has 0 saturated heterocycles. The molecule has 0 bridgehead atoms. The first-order chi connectivity index (χ1) is 19.5. The summed E-state index contributed by atoms with van der Waals surface area (Å²) in [5.74, 6) is 0.0624. The van der Waals surface area contributed by atoms with Crippen LogP contribution in [0.5, 0.6) is 5.75 Å². The zero-order valence-electron chi connectivity index (χ0n) is 25.3. The maximum Gasteiger partial charge on any atom is 0.247 e. The van der Waals surface area contributed by atoms with Gasteiger partial charge in [-0.15, -0.1) is 0 Å². The highest BCUT2D eigenvalue weighted by Crippen LogP contribution is 2.38. The van der Waals surface area contributed by atoms with Gasteiger partial charge in [-0.05, 0) is 31.3 Å². The van der Waals surface area contributed by atoms with Crippen LogP contribution in [0.2, 0.25) is 0 Å². The van der Waals surface area contributed by atoms with E-state index in [9.17, 15) is 4.79 Å². The lowest BCUT2D eigenvalue weighted by atomic mass is 10.1. The third-order valence-corrected chi connectivity index (χ3v) is 5.71. The fraction of sp³-hybridized carbons (Fsp3) is 0.222. The second-order valence-corrected chi connectivity index (χ2v) is 8.05. The Bertz CT molecular complexity index is 1580. The van der Waals surface area contributed by atoms with E-state index in [2.05, 4.69) is 25.9 Å². The molecule has 0 atom stereocenters. The molecule has 2 aromatic carbocycles. The van der Waals surface area contributed by atoms with Crippen LogP contribution in [0.15, 0.2) is 67.5 Å². The van der Waals surface area contributed by atoms with Crippen LogP contribution in [0.3, 0.4) is 0 Å². The van der Waals surface area contributed by atoms with Crippen LogP contribution >= 0.6 is 0 Å². The molecule has 9 nitrogen and oxygen atoms in total. The molecule has 0 aliphatic rings. The lowest BCUT2D eigenvalue weighted by Gasteiger charge is -2.24. The molecule has 2 heterocycles. The molecule has 0 fully saturated rings. The number of aryl methyl sites for hydroxylation is 1. The van der Waals surface area contributed by atoms with Crippen LogP contribution < -0.4 is 25.6 Å². The number of para-hydroxylation sites is 1. The zero-order valence-corrected chi connectivity index (χ0v) is 20.3. The molecule has 0 saturated carbocycles. The molecule has 0 aliphatic heterocycles. The minimum Gasteiger partial charge on any atom is -0.494 e. The van der Waals surface area contributed by atoms with E-state index in [0.29, 0.717) is 52.7 Å². The molecule has 4 aromatic rings. The molecule has 9 heteroatoms. The number of aromatic nitrogens is 3. The van der Waals surface area contributed by atoms with Gasteiger partial charge in [-0.2, -0.15) is 0 Å². The minimum atomic E-state index is -2.36. The number of methoxy groups -OCH3 is 1. The quantitative estimate of drug-likeness (QED) is 0.287. The fourth-order valence-corrected chi connectivity index (χ4v) is 3.89. The number of amides is 1. The lowest BCUT2D eigenvalue weighted by Crippen LogP contribution is -2.28. The fourth-order valence-electron chi connectivity index (χ4n) is 3.89. The molecule has 0 aliphatic carbocycles. The Labute approximate surface area is 217 Å². The van der Waals surface area contributed by atoms with Crippen molar-refractivity contribution in [3.8, 4) is 17.0 Å². The molecular formula is C27H31N7O2. The van der Waals surface area contributed by atoms with E-state index in [0.717, 1.165) is 11.5 Å². The van der Waals surface area contributed by atoms with E-state index in [1.165, 1.54) is 11.7 Å². The molecule has 36 heavy (non-hydrogen) atoms. The van der Waals surface area contributed by atoms with Crippen LogP contribution in [0.4, 0.5) is 23.0 Å². The van der Waals surface area contributed by atoms with Gasteiger partial charge >= 0.3 is 0 Å². The highest BCUT2D eigenvalue weighted by Gasteiger charge is 2.17. The van der Waals surface area contributed by atoms with Crippen molar-refractivity contribution in [1.29, 1.82) is 0 Å². The topological polar surface area (TPSA) is 96.3 Å². The number of hydrogen-bond acceptors (Lipinski definition) is 7. The van der Waals surface area contributed by atoms with Crippen molar-refractivity contribution in [2.75, 3.05) is 49.8 Å². The third kappa shape index (κ3) is 5.16. The standard InChI is InChI=1S/C27H31N7O2/c1-6-26(35)30-21-15-22(25(36-5)16-24(21)33(3)14-13-28-2)32-27-29-12-11-20(31-27)19-17-34(4)23-10-8-7-9-18(19)23/h6-12,15-17,28H,1,13-14H2,2-5H3,(H,30,35)(H,29,31,32)/i1D2,4D3. The predicted octanol–water partition coefficient (Wildman–Crippen LogP) is 4.17. The normalized spacial score (nSPS) is 13.0. The van der Waals surface area contributed by atoms with Gasteiger partial charge in [0.2, 0.25) is 11.9 Å².